The molecule has 0 bridgehead atoms. The summed E-state index contributed by atoms with van der Waals surface area (Å²) < 4.78 is 18.4. The predicted molar refractivity (Wildman–Crippen MR) is 99.2 cm³/mol. The average Bonchev–Trinajstić information content (AvgIpc) is 2.57. The lowest BCUT2D eigenvalue weighted by Gasteiger charge is -2.10. The number of aryl methyl sites for hydroxylation is 1. The molecule has 0 aliphatic rings. The summed E-state index contributed by atoms with van der Waals surface area (Å²) in [5.74, 6) is 0.524. The summed E-state index contributed by atoms with van der Waals surface area (Å²) in [7, 11) is 1.65. The Morgan fingerprint density at radius 2 is 1.83 bits per heavy atom. The van der Waals surface area contributed by atoms with Gasteiger partial charge in [-0.15, -0.1) is 0 Å². The number of methoxy groups -OCH3 is 1. The van der Waals surface area contributed by atoms with Crippen LogP contribution in [0.4, 0.5) is 4.39 Å². The maximum Gasteiger partial charge on any atom is 0.126 e. The molecule has 24 heavy (non-hydrogen) atoms. The molecule has 0 unspecified atom stereocenters. The number of hydrogen-bond acceptors (Lipinski definition) is 1. The van der Waals surface area contributed by atoms with Gasteiger partial charge in [-0.3, -0.25) is 0 Å². The van der Waals surface area contributed by atoms with Crippen molar-refractivity contribution in [2.45, 2.75) is 20.3 Å². The summed E-state index contributed by atoms with van der Waals surface area (Å²) in [6, 6.07) is 14.8. The fraction of sp³-hybridized carbons (Fsp3) is 0.182. The Hall–Kier alpha value is -2.61. The first-order valence-corrected chi connectivity index (χ1v) is 7.92. The van der Waals surface area contributed by atoms with E-state index in [4.69, 9.17) is 4.74 Å². The van der Waals surface area contributed by atoms with Crippen LogP contribution in [-0.4, -0.2) is 7.11 Å². The standard InChI is InChI=1S/C22H23FO/c1-16-6-5-7-20(15-16)18(3)22(24-4)13-8-17(2)14-19-9-11-21(23)12-10-19/h5-13,15H,3,14H2,1-2,4H3/b17-8+,22-13+. The van der Waals surface area contributed by atoms with Gasteiger partial charge < -0.3 is 4.74 Å². The first kappa shape index (κ1) is 17.7. The van der Waals surface area contributed by atoms with E-state index in [2.05, 4.69) is 25.6 Å². The maximum atomic E-state index is 13.0. The van der Waals surface area contributed by atoms with E-state index in [9.17, 15) is 4.39 Å². The van der Waals surface area contributed by atoms with Gasteiger partial charge >= 0.3 is 0 Å². The fourth-order valence-electron chi connectivity index (χ4n) is 2.47. The van der Waals surface area contributed by atoms with E-state index in [1.165, 1.54) is 17.7 Å². The molecule has 0 aliphatic carbocycles. The van der Waals surface area contributed by atoms with Crippen LogP contribution in [0.15, 0.2) is 78.6 Å². The topological polar surface area (TPSA) is 9.23 Å². The van der Waals surface area contributed by atoms with Crippen molar-refractivity contribution in [1.29, 1.82) is 0 Å². The van der Waals surface area contributed by atoms with E-state index in [-0.39, 0.29) is 5.82 Å². The predicted octanol–water partition coefficient (Wildman–Crippen LogP) is 5.87. The van der Waals surface area contributed by atoms with Crippen LogP contribution < -0.4 is 0 Å². The van der Waals surface area contributed by atoms with Crippen LogP contribution in [-0.2, 0) is 11.2 Å². The molecule has 0 N–H and O–H groups in total. The van der Waals surface area contributed by atoms with Crippen molar-refractivity contribution in [3.8, 4) is 0 Å². The summed E-state index contributed by atoms with van der Waals surface area (Å²) in [6.07, 6.45) is 4.72. The van der Waals surface area contributed by atoms with Crippen molar-refractivity contribution >= 4 is 5.57 Å². The largest absolute Gasteiger partial charge is 0.496 e. The second-order valence-electron chi connectivity index (χ2n) is 5.90. The highest BCUT2D eigenvalue weighted by atomic mass is 19.1. The minimum Gasteiger partial charge on any atom is -0.496 e. The molecule has 0 fully saturated rings. The van der Waals surface area contributed by atoms with Gasteiger partial charge in [-0.05, 0) is 49.6 Å². The van der Waals surface area contributed by atoms with Crippen molar-refractivity contribution < 1.29 is 9.13 Å². The molecule has 0 saturated carbocycles. The molecule has 2 rings (SSSR count). The summed E-state index contributed by atoms with van der Waals surface area (Å²) in [5.41, 5.74) is 5.33. The monoisotopic (exact) mass is 322 g/mol. The SMILES string of the molecule is C=C(/C(=C\C=C(/C)Cc1ccc(F)cc1)OC)c1cccc(C)c1. The average molecular weight is 322 g/mol. The van der Waals surface area contributed by atoms with Crippen LogP contribution in [0.3, 0.4) is 0 Å². The highest BCUT2D eigenvalue weighted by Crippen LogP contribution is 2.23. The lowest BCUT2D eigenvalue weighted by Crippen LogP contribution is -1.92. The normalized spacial score (nSPS) is 12.2. The van der Waals surface area contributed by atoms with E-state index in [1.807, 2.05) is 31.2 Å². The van der Waals surface area contributed by atoms with Crippen molar-refractivity contribution in [1.82, 2.24) is 0 Å². The van der Waals surface area contributed by atoms with Gasteiger partial charge in [0, 0.05) is 5.57 Å². The maximum absolute atomic E-state index is 13.0. The Labute approximate surface area is 143 Å². The summed E-state index contributed by atoms with van der Waals surface area (Å²) >= 11 is 0. The number of allylic oxidation sites excluding steroid dienone is 4. The smallest absolute Gasteiger partial charge is 0.126 e. The lowest BCUT2D eigenvalue weighted by molar-refractivity contribution is 0.311. The third-order valence-electron chi connectivity index (χ3n) is 3.80. The quantitative estimate of drug-likeness (QED) is 0.477. The Bertz CT molecular complexity index is 767. The molecular formula is C22H23FO. The zero-order chi connectivity index (χ0) is 17.5. The van der Waals surface area contributed by atoms with E-state index < -0.39 is 0 Å². The van der Waals surface area contributed by atoms with Crippen molar-refractivity contribution in [2.75, 3.05) is 7.11 Å². The Kier molecular flexibility index (Phi) is 6.14. The molecule has 0 amide bonds. The Balaban J connectivity index is 2.14. The Morgan fingerprint density at radius 1 is 1.12 bits per heavy atom. The molecule has 1 nitrogen and oxygen atoms in total. The van der Waals surface area contributed by atoms with Crippen molar-refractivity contribution in [3.05, 3.63) is 101 Å². The summed E-state index contributed by atoms with van der Waals surface area (Å²) in [5, 5.41) is 0. The van der Waals surface area contributed by atoms with Crippen LogP contribution in [0.2, 0.25) is 0 Å². The molecular weight excluding hydrogens is 299 g/mol. The van der Waals surface area contributed by atoms with Crippen LogP contribution in [0.25, 0.3) is 5.57 Å². The minimum absolute atomic E-state index is 0.212. The van der Waals surface area contributed by atoms with Crippen LogP contribution in [0.5, 0.6) is 0 Å². The molecule has 0 atom stereocenters. The third kappa shape index (κ3) is 4.95. The lowest BCUT2D eigenvalue weighted by atomic mass is 10.0. The van der Waals surface area contributed by atoms with E-state index in [0.29, 0.717) is 0 Å². The number of ether oxygens (including phenoxy) is 1. The summed E-state index contributed by atoms with van der Waals surface area (Å²) in [6.45, 7) is 8.24. The number of hydrogen-bond donors (Lipinski definition) is 0. The van der Waals surface area contributed by atoms with Gasteiger partial charge in [-0.2, -0.15) is 0 Å². The molecule has 124 valence electrons. The molecule has 2 aromatic carbocycles. The first-order valence-electron chi connectivity index (χ1n) is 7.92. The van der Waals surface area contributed by atoms with Crippen molar-refractivity contribution in [3.63, 3.8) is 0 Å². The van der Waals surface area contributed by atoms with Gasteiger partial charge in [0.15, 0.2) is 0 Å². The fourth-order valence-corrected chi connectivity index (χ4v) is 2.47. The van der Waals surface area contributed by atoms with Gasteiger partial charge in [0.2, 0.25) is 0 Å². The van der Waals surface area contributed by atoms with E-state index >= 15 is 0 Å². The minimum atomic E-state index is -0.212. The zero-order valence-corrected chi connectivity index (χ0v) is 14.5. The molecule has 0 aliphatic heterocycles. The first-order chi connectivity index (χ1) is 11.5. The third-order valence-corrected chi connectivity index (χ3v) is 3.80. The van der Waals surface area contributed by atoms with Gasteiger partial charge in [0.25, 0.3) is 0 Å². The Morgan fingerprint density at radius 3 is 2.46 bits per heavy atom. The highest BCUT2D eigenvalue weighted by molar-refractivity contribution is 5.76. The van der Waals surface area contributed by atoms with Gasteiger partial charge in [0.05, 0.1) is 7.11 Å². The molecule has 0 spiro atoms. The van der Waals surface area contributed by atoms with E-state index in [0.717, 1.165) is 34.5 Å². The second kappa shape index (κ2) is 8.30. The molecule has 2 heteroatoms. The number of rotatable bonds is 6. The number of benzene rings is 2. The molecule has 0 saturated heterocycles. The van der Waals surface area contributed by atoms with Crippen LogP contribution in [0.1, 0.15) is 23.6 Å². The molecule has 0 radical (unpaired) electrons. The zero-order valence-electron chi connectivity index (χ0n) is 14.5. The molecule has 0 aromatic heterocycles. The second-order valence-corrected chi connectivity index (χ2v) is 5.90. The molecule has 2 aromatic rings. The van der Waals surface area contributed by atoms with Crippen molar-refractivity contribution in [2.24, 2.45) is 0 Å². The number of halogens is 1. The van der Waals surface area contributed by atoms with Crippen LogP contribution >= 0.6 is 0 Å². The van der Waals surface area contributed by atoms with Gasteiger partial charge in [-0.25, -0.2) is 4.39 Å². The van der Waals surface area contributed by atoms with Gasteiger partial charge in [0.1, 0.15) is 11.6 Å². The highest BCUT2D eigenvalue weighted by Gasteiger charge is 2.05. The summed E-state index contributed by atoms with van der Waals surface area (Å²) in [4.78, 5) is 0. The van der Waals surface area contributed by atoms with E-state index in [1.54, 1.807) is 19.2 Å². The molecule has 0 heterocycles. The van der Waals surface area contributed by atoms with Crippen LogP contribution in [0, 0.1) is 12.7 Å². The van der Waals surface area contributed by atoms with Gasteiger partial charge in [-0.1, -0.05) is 60.2 Å².